The summed E-state index contributed by atoms with van der Waals surface area (Å²) in [5.41, 5.74) is 1.91. The van der Waals surface area contributed by atoms with E-state index in [2.05, 4.69) is 5.32 Å². The van der Waals surface area contributed by atoms with Crippen LogP contribution in [0.25, 0.3) is 5.57 Å². The van der Waals surface area contributed by atoms with Crippen LogP contribution in [0.15, 0.2) is 30.3 Å². The summed E-state index contributed by atoms with van der Waals surface area (Å²) < 4.78 is 5.36. The lowest BCUT2D eigenvalue weighted by atomic mass is 10.1. The summed E-state index contributed by atoms with van der Waals surface area (Å²) in [4.78, 5) is 14.5. The fourth-order valence-electron chi connectivity index (χ4n) is 2.89. The minimum Gasteiger partial charge on any atom is -0.496 e. The molecule has 2 rings (SSSR count). The molecule has 4 nitrogen and oxygen atoms in total. The number of para-hydroxylation sites is 1. The number of rotatable bonds is 5. The number of allylic oxidation sites excluding steroid dienone is 1. The third-order valence-electron chi connectivity index (χ3n) is 3.97. The molecule has 21 heavy (non-hydrogen) atoms. The number of methoxy groups -OCH3 is 1. The van der Waals surface area contributed by atoms with Gasteiger partial charge in [0.25, 0.3) is 0 Å². The molecule has 114 valence electrons. The third kappa shape index (κ3) is 3.64. The van der Waals surface area contributed by atoms with Crippen molar-refractivity contribution in [2.75, 3.05) is 27.2 Å². The predicted octanol–water partition coefficient (Wildman–Crippen LogP) is 2.31. The maximum absolute atomic E-state index is 12.5. The van der Waals surface area contributed by atoms with Crippen molar-refractivity contribution >= 4 is 11.5 Å². The lowest BCUT2D eigenvalue weighted by molar-refractivity contribution is -0.126. The van der Waals surface area contributed by atoms with Crippen LogP contribution in [0.1, 0.15) is 25.3 Å². The molecule has 1 aliphatic heterocycles. The van der Waals surface area contributed by atoms with E-state index < -0.39 is 0 Å². The van der Waals surface area contributed by atoms with Crippen molar-refractivity contribution in [3.05, 3.63) is 35.9 Å². The van der Waals surface area contributed by atoms with Crippen molar-refractivity contribution in [3.8, 4) is 5.75 Å². The van der Waals surface area contributed by atoms with Gasteiger partial charge in [0.1, 0.15) is 5.75 Å². The number of benzene rings is 1. The molecule has 0 aromatic heterocycles. The van der Waals surface area contributed by atoms with Crippen LogP contribution >= 0.6 is 0 Å². The molecule has 1 N–H and O–H groups in total. The van der Waals surface area contributed by atoms with Crippen molar-refractivity contribution in [1.29, 1.82) is 0 Å². The molecule has 0 radical (unpaired) electrons. The number of amides is 1. The SMILES string of the molecule is CNCC1CCCN1C(=O)/C=C(/C)c1ccccc1OC. The Balaban J connectivity index is 2.16. The average molecular weight is 288 g/mol. The van der Waals surface area contributed by atoms with Crippen LogP contribution in [0.4, 0.5) is 0 Å². The van der Waals surface area contributed by atoms with Crippen LogP contribution in [0.2, 0.25) is 0 Å². The second-order valence-electron chi connectivity index (χ2n) is 5.41. The van der Waals surface area contributed by atoms with Crippen molar-refractivity contribution in [3.63, 3.8) is 0 Å². The van der Waals surface area contributed by atoms with Gasteiger partial charge in [-0.05, 0) is 38.5 Å². The van der Waals surface area contributed by atoms with Gasteiger partial charge in [-0.25, -0.2) is 0 Å². The summed E-state index contributed by atoms with van der Waals surface area (Å²) in [6, 6.07) is 8.09. The Morgan fingerprint density at radius 1 is 1.48 bits per heavy atom. The Morgan fingerprint density at radius 2 is 2.24 bits per heavy atom. The summed E-state index contributed by atoms with van der Waals surface area (Å²) >= 11 is 0. The molecule has 4 heteroatoms. The Morgan fingerprint density at radius 3 is 2.95 bits per heavy atom. The Labute approximate surface area is 126 Å². The third-order valence-corrected chi connectivity index (χ3v) is 3.97. The average Bonchev–Trinajstić information content (AvgIpc) is 2.96. The van der Waals surface area contributed by atoms with E-state index in [1.165, 1.54) is 0 Å². The van der Waals surface area contributed by atoms with Gasteiger partial charge in [0.15, 0.2) is 0 Å². The van der Waals surface area contributed by atoms with E-state index in [-0.39, 0.29) is 5.91 Å². The Hall–Kier alpha value is -1.81. The quantitative estimate of drug-likeness (QED) is 0.845. The van der Waals surface area contributed by atoms with E-state index in [9.17, 15) is 4.79 Å². The molecule has 1 saturated heterocycles. The Bertz CT molecular complexity index is 525. The van der Waals surface area contributed by atoms with Crippen LogP contribution in [0.5, 0.6) is 5.75 Å². The van der Waals surface area contributed by atoms with Crippen molar-refractivity contribution in [2.24, 2.45) is 0 Å². The van der Waals surface area contributed by atoms with Gasteiger partial charge in [-0.15, -0.1) is 0 Å². The molecule has 1 aromatic carbocycles. The van der Waals surface area contributed by atoms with Crippen LogP contribution in [-0.2, 0) is 4.79 Å². The standard InChI is InChI=1S/C17H24N2O2/c1-13(15-8-4-5-9-16(15)21-3)11-17(20)19-10-6-7-14(19)12-18-2/h4-5,8-9,11,14,18H,6-7,10,12H2,1-3H3/b13-11-. The number of ether oxygens (including phenoxy) is 1. The second-order valence-corrected chi connectivity index (χ2v) is 5.41. The van der Waals surface area contributed by atoms with Crippen molar-refractivity contribution in [1.82, 2.24) is 10.2 Å². The summed E-state index contributed by atoms with van der Waals surface area (Å²) in [5, 5.41) is 3.16. The fourth-order valence-corrected chi connectivity index (χ4v) is 2.89. The van der Waals surface area contributed by atoms with Gasteiger partial charge in [-0.1, -0.05) is 18.2 Å². The van der Waals surface area contributed by atoms with Crippen LogP contribution in [-0.4, -0.2) is 44.1 Å². The van der Waals surface area contributed by atoms with E-state index in [1.54, 1.807) is 13.2 Å². The highest BCUT2D eigenvalue weighted by Crippen LogP contribution is 2.26. The summed E-state index contributed by atoms with van der Waals surface area (Å²) in [5.74, 6) is 0.892. The first-order valence-corrected chi connectivity index (χ1v) is 7.44. The number of likely N-dealkylation sites (N-methyl/N-ethyl adjacent to an activating group) is 1. The van der Waals surface area contributed by atoms with E-state index in [4.69, 9.17) is 4.74 Å². The number of carbonyl (C=O) groups excluding carboxylic acids is 1. The van der Waals surface area contributed by atoms with Crippen molar-refractivity contribution < 1.29 is 9.53 Å². The molecular formula is C17H24N2O2. The first-order chi connectivity index (χ1) is 10.2. The van der Waals surface area contributed by atoms with Gasteiger partial charge in [0.05, 0.1) is 7.11 Å². The smallest absolute Gasteiger partial charge is 0.247 e. The summed E-state index contributed by atoms with van der Waals surface area (Å²) in [6.07, 6.45) is 3.89. The van der Waals surface area contributed by atoms with Gasteiger partial charge in [-0.3, -0.25) is 4.79 Å². The van der Waals surface area contributed by atoms with E-state index >= 15 is 0 Å². The zero-order chi connectivity index (χ0) is 15.2. The predicted molar refractivity (Wildman–Crippen MR) is 85.3 cm³/mol. The molecule has 1 unspecified atom stereocenters. The number of likely N-dealkylation sites (tertiary alicyclic amines) is 1. The van der Waals surface area contributed by atoms with Gasteiger partial charge in [0, 0.05) is 30.8 Å². The highest BCUT2D eigenvalue weighted by Gasteiger charge is 2.27. The number of nitrogens with zero attached hydrogens (tertiary/aromatic N) is 1. The van der Waals surface area contributed by atoms with Gasteiger partial charge >= 0.3 is 0 Å². The molecular weight excluding hydrogens is 264 g/mol. The van der Waals surface area contributed by atoms with E-state index in [0.717, 1.165) is 42.8 Å². The molecule has 1 aliphatic rings. The molecule has 1 heterocycles. The minimum absolute atomic E-state index is 0.0937. The molecule has 1 atom stereocenters. The molecule has 1 amide bonds. The molecule has 1 fully saturated rings. The molecule has 0 spiro atoms. The maximum atomic E-state index is 12.5. The number of carbonyl (C=O) groups is 1. The lowest BCUT2D eigenvalue weighted by Gasteiger charge is -2.23. The molecule has 0 bridgehead atoms. The maximum Gasteiger partial charge on any atom is 0.247 e. The zero-order valence-corrected chi connectivity index (χ0v) is 13.1. The second kappa shape index (κ2) is 7.27. The summed E-state index contributed by atoms with van der Waals surface area (Å²) in [7, 11) is 3.58. The molecule has 1 aromatic rings. The number of nitrogens with one attached hydrogen (secondary N) is 1. The monoisotopic (exact) mass is 288 g/mol. The number of hydrogen-bond donors (Lipinski definition) is 1. The van der Waals surface area contributed by atoms with Gasteiger partial charge in [0.2, 0.25) is 5.91 Å². The minimum atomic E-state index is 0.0937. The largest absolute Gasteiger partial charge is 0.496 e. The highest BCUT2D eigenvalue weighted by molar-refractivity contribution is 5.95. The molecule has 0 saturated carbocycles. The van der Waals surface area contributed by atoms with E-state index in [0.29, 0.717) is 6.04 Å². The van der Waals surface area contributed by atoms with Crippen LogP contribution in [0, 0.1) is 0 Å². The van der Waals surface area contributed by atoms with Gasteiger partial charge in [-0.2, -0.15) is 0 Å². The zero-order valence-electron chi connectivity index (χ0n) is 13.1. The van der Waals surface area contributed by atoms with Crippen LogP contribution < -0.4 is 10.1 Å². The fraction of sp³-hybridized carbons (Fsp3) is 0.471. The van der Waals surface area contributed by atoms with E-state index in [1.807, 2.05) is 43.1 Å². The Kier molecular flexibility index (Phi) is 5.39. The lowest BCUT2D eigenvalue weighted by Crippen LogP contribution is -2.40. The highest BCUT2D eigenvalue weighted by atomic mass is 16.5. The number of hydrogen-bond acceptors (Lipinski definition) is 3. The van der Waals surface area contributed by atoms with Crippen molar-refractivity contribution in [2.45, 2.75) is 25.8 Å². The summed E-state index contributed by atoms with van der Waals surface area (Å²) in [6.45, 7) is 3.66. The topological polar surface area (TPSA) is 41.6 Å². The van der Waals surface area contributed by atoms with Crippen LogP contribution in [0.3, 0.4) is 0 Å². The normalized spacial score (nSPS) is 18.9. The first kappa shape index (κ1) is 15.6. The molecule has 0 aliphatic carbocycles. The van der Waals surface area contributed by atoms with Gasteiger partial charge < -0.3 is 15.0 Å². The first-order valence-electron chi connectivity index (χ1n) is 7.44.